The maximum absolute atomic E-state index is 13.7. The highest BCUT2D eigenvalue weighted by Gasteiger charge is 2.26. The van der Waals surface area contributed by atoms with Gasteiger partial charge in [0.05, 0.1) is 37.4 Å². The molecule has 13 heteroatoms. The highest BCUT2D eigenvalue weighted by atomic mass is 32.1. The van der Waals surface area contributed by atoms with Crippen molar-refractivity contribution >= 4 is 60.9 Å². The van der Waals surface area contributed by atoms with Gasteiger partial charge in [0.2, 0.25) is 0 Å². The van der Waals surface area contributed by atoms with Crippen LogP contribution in [0.15, 0.2) is 83.4 Å². The van der Waals surface area contributed by atoms with Crippen molar-refractivity contribution in [2.75, 3.05) is 26.0 Å². The molecule has 0 bridgehead atoms. The van der Waals surface area contributed by atoms with E-state index in [0.717, 1.165) is 22.6 Å². The highest BCUT2D eigenvalue weighted by Crippen LogP contribution is 2.45. The molecule has 1 aliphatic carbocycles. The molecule has 49 heavy (non-hydrogen) atoms. The zero-order valence-electron chi connectivity index (χ0n) is 27.3. The number of thiazole rings is 1. The zero-order chi connectivity index (χ0) is 35.1. The summed E-state index contributed by atoms with van der Waals surface area (Å²) in [6, 6.07) is 16.1. The van der Waals surface area contributed by atoms with E-state index in [2.05, 4.69) is 26.7 Å². The number of aryl methyl sites for hydroxylation is 1. The second-order valence-corrected chi connectivity index (χ2v) is 13.0. The summed E-state index contributed by atoms with van der Waals surface area (Å²) in [6.45, 7) is 4.51. The van der Waals surface area contributed by atoms with Crippen molar-refractivity contribution in [3.63, 3.8) is 0 Å². The third-order valence-corrected chi connectivity index (χ3v) is 9.70. The first-order valence-corrected chi connectivity index (χ1v) is 17.2. The summed E-state index contributed by atoms with van der Waals surface area (Å²) >= 11 is 2.92. The standard InChI is InChI=1S/C15H18FN3S.C13H7FN2O2S.C8H10FN/c1-3-17-9-13(19(2)16)14-8-12-15(20-14)11(6-7-18-12)10-4-5-10;14-9-1-3-10(4-2-9)16-12(18)8(6-17)5-11-13(16)19-7-15-11;1-6-3-4-7(10-2)5-8(6)9/h6-10,17H,3-5H2,1-2H3;1-7H;3-5,10H,1-2H3/b13-9-;;. The summed E-state index contributed by atoms with van der Waals surface area (Å²) in [5.41, 5.74) is 6.65. The van der Waals surface area contributed by atoms with Gasteiger partial charge in [-0.3, -0.25) is 19.1 Å². The topological polar surface area (TPSA) is 92.2 Å². The van der Waals surface area contributed by atoms with E-state index in [-0.39, 0.29) is 17.2 Å². The third-order valence-electron chi connectivity index (χ3n) is 7.68. The fourth-order valence-electron chi connectivity index (χ4n) is 4.91. The number of fused-ring (bicyclic) bond motifs is 2. The lowest BCUT2D eigenvalue weighted by Crippen LogP contribution is -2.21. The molecule has 1 fully saturated rings. The predicted molar refractivity (Wildman–Crippen MR) is 193 cm³/mol. The molecule has 7 rings (SSSR count). The molecule has 0 aliphatic heterocycles. The van der Waals surface area contributed by atoms with Gasteiger partial charge >= 0.3 is 0 Å². The van der Waals surface area contributed by atoms with Gasteiger partial charge in [-0.1, -0.05) is 6.07 Å². The molecule has 0 unspecified atom stereocenters. The molecule has 0 amide bonds. The Hall–Kier alpha value is -5.01. The Morgan fingerprint density at radius 3 is 2.45 bits per heavy atom. The van der Waals surface area contributed by atoms with E-state index < -0.39 is 5.56 Å². The van der Waals surface area contributed by atoms with Gasteiger partial charge in [0, 0.05) is 38.7 Å². The van der Waals surface area contributed by atoms with Crippen molar-refractivity contribution in [1.82, 2.24) is 25.0 Å². The molecule has 1 saturated carbocycles. The van der Waals surface area contributed by atoms with Crippen molar-refractivity contribution in [2.24, 2.45) is 0 Å². The fraction of sp³-hybridized carbons (Fsp3) is 0.222. The average Bonchev–Trinajstić information content (AvgIpc) is 3.68. The Labute approximate surface area is 289 Å². The minimum atomic E-state index is -0.432. The van der Waals surface area contributed by atoms with E-state index in [1.807, 2.05) is 25.3 Å². The number of hydrogen-bond acceptors (Lipinski definition) is 9. The van der Waals surface area contributed by atoms with Gasteiger partial charge in [-0.05, 0) is 98.3 Å². The van der Waals surface area contributed by atoms with Crippen LogP contribution in [-0.2, 0) is 0 Å². The van der Waals surface area contributed by atoms with Gasteiger partial charge < -0.3 is 10.6 Å². The van der Waals surface area contributed by atoms with Crippen LogP contribution >= 0.6 is 22.7 Å². The maximum Gasteiger partial charge on any atom is 0.266 e. The average molecular weight is 705 g/mol. The summed E-state index contributed by atoms with van der Waals surface area (Å²) in [4.78, 5) is 33.2. The number of thiophene rings is 1. The summed E-state index contributed by atoms with van der Waals surface area (Å²) in [5, 5.41) is 6.58. The monoisotopic (exact) mass is 704 g/mol. The SMILES string of the molecule is CCN/C=C(/c1cc2nccc(C3CC3)c2s1)N(C)F.CNc1ccc(C)c(F)c1.O=Cc1cc2ncsc2n(-c2ccc(F)cc2)c1=O. The molecule has 2 aromatic carbocycles. The Kier molecular flexibility index (Phi) is 11.5. The second-order valence-electron chi connectivity index (χ2n) is 11.2. The maximum atomic E-state index is 13.7. The lowest BCUT2D eigenvalue weighted by Gasteiger charge is -2.10. The number of rotatable bonds is 8. The van der Waals surface area contributed by atoms with Crippen LogP contribution in [0, 0.1) is 18.6 Å². The molecular weight excluding hydrogens is 670 g/mol. The number of carbonyl (C=O) groups excluding carboxylic acids is 1. The van der Waals surface area contributed by atoms with Crippen LogP contribution in [0.3, 0.4) is 0 Å². The number of aromatic nitrogens is 3. The molecule has 8 nitrogen and oxygen atoms in total. The summed E-state index contributed by atoms with van der Waals surface area (Å²) in [6.07, 6.45) is 6.60. The minimum Gasteiger partial charge on any atom is -0.389 e. The van der Waals surface area contributed by atoms with Gasteiger partial charge in [0.1, 0.15) is 22.2 Å². The molecular formula is C36H35F3N6O2S2. The number of anilines is 1. The van der Waals surface area contributed by atoms with Crippen molar-refractivity contribution in [3.8, 4) is 5.69 Å². The summed E-state index contributed by atoms with van der Waals surface area (Å²) < 4.78 is 41.9. The first-order chi connectivity index (χ1) is 23.6. The lowest BCUT2D eigenvalue weighted by molar-refractivity contribution is 0.112. The number of hydrogen-bond donors (Lipinski definition) is 2. The molecule has 1 aliphatic rings. The molecule has 254 valence electrons. The normalized spacial score (nSPS) is 12.5. The Balaban J connectivity index is 0.000000151. The van der Waals surface area contributed by atoms with Gasteiger partial charge in [0.25, 0.3) is 5.56 Å². The van der Waals surface area contributed by atoms with Crippen molar-refractivity contribution < 1.29 is 18.1 Å². The molecule has 4 aromatic heterocycles. The number of halogens is 3. The number of carbonyl (C=O) groups is 1. The second kappa shape index (κ2) is 15.9. The Morgan fingerprint density at radius 2 is 1.82 bits per heavy atom. The van der Waals surface area contributed by atoms with Gasteiger partial charge in [-0.25, -0.2) is 18.9 Å². The molecule has 0 radical (unpaired) electrons. The molecule has 0 saturated heterocycles. The Morgan fingerprint density at radius 1 is 1.06 bits per heavy atom. The number of aldehydes is 1. The molecule has 4 heterocycles. The van der Waals surface area contributed by atoms with Crippen molar-refractivity contribution in [1.29, 1.82) is 0 Å². The molecule has 2 N–H and O–H groups in total. The first-order valence-electron chi connectivity index (χ1n) is 15.5. The van der Waals surface area contributed by atoms with Gasteiger partial charge in [-0.15, -0.1) is 27.2 Å². The van der Waals surface area contributed by atoms with E-state index >= 15 is 0 Å². The van der Waals surface area contributed by atoms with Crippen LogP contribution in [0.1, 0.15) is 52.0 Å². The molecule has 0 atom stereocenters. The van der Waals surface area contributed by atoms with Crippen molar-refractivity contribution in [3.05, 3.63) is 122 Å². The van der Waals surface area contributed by atoms with E-state index in [0.29, 0.717) is 44.6 Å². The van der Waals surface area contributed by atoms with E-state index in [4.69, 9.17) is 0 Å². The number of benzene rings is 2. The predicted octanol–water partition coefficient (Wildman–Crippen LogP) is 8.47. The van der Waals surface area contributed by atoms with Gasteiger partial charge in [0.15, 0.2) is 6.29 Å². The van der Waals surface area contributed by atoms with Crippen LogP contribution < -0.4 is 16.2 Å². The third kappa shape index (κ3) is 8.35. The quantitative estimate of drug-likeness (QED) is 0.121. The zero-order valence-corrected chi connectivity index (χ0v) is 29.0. The fourth-order valence-corrected chi connectivity index (χ4v) is 6.95. The van der Waals surface area contributed by atoms with Crippen LogP contribution in [0.2, 0.25) is 0 Å². The van der Waals surface area contributed by atoms with Gasteiger partial charge in [-0.2, -0.15) is 0 Å². The van der Waals surface area contributed by atoms with E-state index in [9.17, 15) is 22.9 Å². The molecule has 6 aromatic rings. The van der Waals surface area contributed by atoms with Crippen LogP contribution in [0.25, 0.3) is 31.9 Å². The number of nitrogens with one attached hydrogen (secondary N) is 2. The Bertz CT molecular complexity index is 2150. The number of pyridine rings is 2. The largest absolute Gasteiger partial charge is 0.389 e. The van der Waals surface area contributed by atoms with Crippen LogP contribution in [0.5, 0.6) is 0 Å². The summed E-state index contributed by atoms with van der Waals surface area (Å²) in [7, 11) is 3.19. The first kappa shape index (κ1) is 35.3. The minimum absolute atomic E-state index is 0.0303. The van der Waals surface area contributed by atoms with E-state index in [1.165, 1.54) is 82.5 Å². The lowest BCUT2D eigenvalue weighted by atomic mass is 10.1. The summed E-state index contributed by atoms with van der Waals surface area (Å²) in [5.74, 6) is 0.132. The van der Waals surface area contributed by atoms with E-state index in [1.54, 1.807) is 43.1 Å². The van der Waals surface area contributed by atoms with Crippen LogP contribution in [0.4, 0.5) is 18.9 Å². The highest BCUT2D eigenvalue weighted by molar-refractivity contribution is 7.20. The molecule has 0 spiro atoms. The smallest absolute Gasteiger partial charge is 0.266 e. The van der Waals surface area contributed by atoms with Crippen LogP contribution in [-0.4, -0.2) is 46.6 Å². The number of nitrogens with zero attached hydrogens (tertiary/aromatic N) is 4. The van der Waals surface area contributed by atoms with Crippen molar-refractivity contribution in [2.45, 2.75) is 32.6 Å².